The van der Waals surface area contributed by atoms with Crippen molar-refractivity contribution in [3.05, 3.63) is 53.1 Å². The Labute approximate surface area is 229 Å². The number of aliphatic hydroxyl groups excluding tert-OH is 1. The number of rotatable bonds is 12. The normalized spacial score (nSPS) is 18.1. The number of unbranched alkanes of at least 4 members (excludes halogenated alkanes) is 2. The van der Waals surface area contributed by atoms with E-state index in [1.54, 1.807) is 24.3 Å². The molecule has 1 N–H and O–H groups in total. The fourth-order valence-electron chi connectivity index (χ4n) is 4.73. The number of carbonyl (C=O) groups excluding carboxylic acids is 2. The minimum Gasteiger partial charge on any atom is -0.507 e. The van der Waals surface area contributed by atoms with Gasteiger partial charge >= 0.3 is 0 Å². The maximum atomic E-state index is 13.4. The molecule has 2 aromatic rings. The number of likely N-dealkylation sites (N-methyl/N-ethyl adjacent to an activating group) is 1. The second kappa shape index (κ2) is 12.9. The first kappa shape index (κ1) is 28.3. The lowest BCUT2D eigenvalue weighted by molar-refractivity contribution is -0.140. The van der Waals surface area contributed by atoms with Gasteiger partial charge in [0.1, 0.15) is 19.0 Å². The molecule has 2 aliphatic rings. The van der Waals surface area contributed by atoms with E-state index in [2.05, 4.69) is 6.92 Å². The molecule has 0 radical (unpaired) electrons. The van der Waals surface area contributed by atoms with E-state index >= 15 is 0 Å². The number of fused-ring (bicyclic) bond motifs is 1. The van der Waals surface area contributed by atoms with Gasteiger partial charge in [0.15, 0.2) is 23.0 Å². The maximum absolute atomic E-state index is 13.4. The van der Waals surface area contributed by atoms with E-state index in [9.17, 15) is 14.7 Å². The number of amides is 1. The molecule has 210 valence electrons. The number of hydrogen-bond donors (Lipinski definition) is 1. The van der Waals surface area contributed by atoms with Gasteiger partial charge in [-0.15, -0.1) is 0 Å². The summed E-state index contributed by atoms with van der Waals surface area (Å²) in [7, 11) is 3.80. The second-order valence-corrected chi connectivity index (χ2v) is 9.85. The molecule has 0 saturated carbocycles. The van der Waals surface area contributed by atoms with Crippen LogP contribution in [0.15, 0.2) is 42.0 Å². The predicted molar refractivity (Wildman–Crippen MR) is 148 cm³/mol. The first-order chi connectivity index (χ1) is 18.8. The lowest BCUT2D eigenvalue weighted by atomic mass is 9.94. The average Bonchev–Trinajstić information content (AvgIpc) is 3.19. The molecule has 1 fully saturated rings. The van der Waals surface area contributed by atoms with Crippen molar-refractivity contribution in [2.75, 3.05) is 53.6 Å². The van der Waals surface area contributed by atoms with E-state index in [4.69, 9.17) is 18.9 Å². The summed E-state index contributed by atoms with van der Waals surface area (Å²) >= 11 is 0. The summed E-state index contributed by atoms with van der Waals surface area (Å²) in [5.41, 5.74) is 1.04. The number of aliphatic hydroxyl groups is 1. The van der Waals surface area contributed by atoms with Crippen molar-refractivity contribution >= 4 is 17.4 Å². The molecular formula is C30H38N2O7. The van der Waals surface area contributed by atoms with Crippen molar-refractivity contribution in [2.24, 2.45) is 0 Å². The summed E-state index contributed by atoms with van der Waals surface area (Å²) in [4.78, 5) is 30.1. The molecule has 2 aliphatic heterocycles. The van der Waals surface area contributed by atoms with E-state index in [0.717, 1.165) is 19.3 Å². The third-order valence-corrected chi connectivity index (χ3v) is 6.73. The Hall–Kier alpha value is -3.72. The molecule has 0 aliphatic carbocycles. The molecule has 1 atom stereocenters. The molecule has 39 heavy (non-hydrogen) atoms. The highest BCUT2D eigenvalue weighted by Gasteiger charge is 2.46. The number of Topliss-reactive ketones (excluding diaryl/α,β-unsaturated/α-hetero) is 1. The van der Waals surface area contributed by atoms with Crippen LogP contribution in [0.5, 0.6) is 23.0 Å². The highest BCUT2D eigenvalue weighted by atomic mass is 16.6. The summed E-state index contributed by atoms with van der Waals surface area (Å²) in [5.74, 6) is 0.532. The zero-order valence-electron chi connectivity index (χ0n) is 23.2. The monoisotopic (exact) mass is 538 g/mol. The Morgan fingerprint density at radius 1 is 1.00 bits per heavy atom. The molecule has 0 spiro atoms. The van der Waals surface area contributed by atoms with Crippen LogP contribution in [0.25, 0.3) is 5.76 Å². The standard InChI is InChI=1S/C30H38N2O7/c1-5-7-8-15-37-22-11-9-20(18-24(22)36-6-2)27-26(29(34)30(35)32(27)14-13-31(3)4)28(33)21-10-12-23-25(19-21)39-17-16-38-23/h9-12,18-19,27,33H,5-8,13-17H2,1-4H3. The van der Waals surface area contributed by atoms with Gasteiger partial charge in [-0.3, -0.25) is 9.59 Å². The Morgan fingerprint density at radius 2 is 1.77 bits per heavy atom. The number of ether oxygens (including phenoxy) is 4. The Kier molecular flexibility index (Phi) is 9.35. The average molecular weight is 539 g/mol. The van der Waals surface area contributed by atoms with Crippen LogP contribution < -0.4 is 18.9 Å². The first-order valence-corrected chi connectivity index (χ1v) is 13.6. The molecule has 2 aromatic carbocycles. The van der Waals surface area contributed by atoms with Crippen molar-refractivity contribution in [3.63, 3.8) is 0 Å². The van der Waals surface area contributed by atoms with Crippen LogP contribution in [0.3, 0.4) is 0 Å². The van der Waals surface area contributed by atoms with Gasteiger partial charge in [-0.2, -0.15) is 0 Å². The number of benzene rings is 2. The number of hydrogen-bond acceptors (Lipinski definition) is 8. The van der Waals surface area contributed by atoms with Crippen LogP contribution in [-0.4, -0.2) is 80.2 Å². The highest BCUT2D eigenvalue weighted by Crippen LogP contribution is 2.43. The third kappa shape index (κ3) is 6.30. The quantitative estimate of drug-likeness (QED) is 0.184. The zero-order valence-corrected chi connectivity index (χ0v) is 23.2. The molecular weight excluding hydrogens is 500 g/mol. The molecule has 9 nitrogen and oxygen atoms in total. The van der Waals surface area contributed by atoms with Crippen molar-refractivity contribution in [3.8, 4) is 23.0 Å². The summed E-state index contributed by atoms with van der Waals surface area (Å²) in [6.07, 6.45) is 3.10. The fraction of sp³-hybridized carbons (Fsp3) is 0.467. The van der Waals surface area contributed by atoms with E-state index < -0.39 is 17.7 Å². The Morgan fingerprint density at radius 3 is 2.49 bits per heavy atom. The first-order valence-electron chi connectivity index (χ1n) is 13.6. The smallest absolute Gasteiger partial charge is 0.295 e. The van der Waals surface area contributed by atoms with Crippen LogP contribution in [0.1, 0.15) is 50.3 Å². The van der Waals surface area contributed by atoms with Gasteiger partial charge < -0.3 is 33.9 Å². The highest BCUT2D eigenvalue weighted by molar-refractivity contribution is 6.46. The molecule has 0 aromatic heterocycles. The van der Waals surface area contributed by atoms with E-state index in [0.29, 0.717) is 73.6 Å². The van der Waals surface area contributed by atoms with Crippen molar-refractivity contribution in [2.45, 2.75) is 39.2 Å². The minimum atomic E-state index is -0.800. The molecule has 9 heteroatoms. The molecule has 1 saturated heterocycles. The fourth-order valence-corrected chi connectivity index (χ4v) is 4.73. The summed E-state index contributed by atoms with van der Waals surface area (Å²) in [5, 5.41) is 11.4. The van der Waals surface area contributed by atoms with Crippen molar-refractivity contribution < 1.29 is 33.6 Å². The Balaban J connectivity index is 1.77. The Bertz CT molecular complexity index is 1220. The van der Waals surface area contributed by atoms with E-state index in [1.807, 2.05) is 38.1 Å². The van der Waals surface area contributed by atoms with Gasteiger partial charge in [0, 0.05) is 18.7 Å². The van der Waals surface area contributed by atoms with Crippen LogP contribution in [0, 0.1) is 0 Å². The number of nitrogens with zero attached hydrogens (tertiary/aromatic N) is 2. The van der Waals surface area contributed by atoms with E-state index in [-0.39, 0.29) is 11.3 Å². The third-order valence-electron chi connectivity index (χ3n) is 6.73. The molecule has 2 heterocycles. The molecule has 1 unspecified atom stereocenters. The maximum Gasteiger partial charge on any atom is 0.295 e. The second-order valence-electron chi connectivity index (χ2n) is 9.85. The van der Waals surface area contributed by atoms with Gasteiger partial charge in [0.2, 0.25) is 0 Å². The van der Waals surface area contributed by atoms with Crippen molar-refractivity contribution in [1.29, 1.82) is 0 Å². The molecule has 4 rings (SSSR count). The van der Waals surface area contributed by atoms with Gasteiger partial charge in [0.25, 0.3) is 11.7 Å². The largest absolute Gasteiger partial charge is 0.507 e. The van der Waals surface area contributed by atoms with Gasteiger partial charge in [-0.05, 0) is 63.3 Å². The minimum absolute atomic E-state index is 0.0227. The van der Waals surface area contributed by atoms with Gasteiger partial charge in [0.05, 0.1) is 24.8 Å². The topological polar surface area (TPSA) is 97.8 Å². The number of ketones is 1. The predicted octanol–water partition coefficient (Wildman–Crippen LogP) is 4.41. The number of carbonyl (C=O) groups is 2. The summed E-state index contributed by atoms with van der Waals surface area (Å²) in [6.45, 7) is 6.70. The van der Waals surface area contributed by atoms with Crippen LogP contribution >= 0.6 is 0 Å². The van der Waals surface area contributed by atoms with Gasteiger partial charge in [-0.25, -0.2) is 0 Å². The zero-order chi connectivity index (χ0) is 27.9. The van der Waals surface area contributed by atoms with Crippen LogP contribution in [0.2, 0.25) is 0 Å². The molecule has 1 amide bonds. The van der Waals surface area contributed by atoms with Crippen LogP contribution in [0.4, 0.5) is 0 Å². The lowest BCUT2D eigenvalue weighted by Crippen LogP contribution is -2.35. The number of likely N-dealkylation sites (tertiary alicyclic amines) is 1. The van der Waals surface area contributed by atoms with E-state index in [1.165, 1.54) is 4.90 Å². The molecule has 0 bridgehead atoms. The summed E-state index contributed by atoms with van der Waals surface area (Å²) in [6, 6.07) is 9.62. The van der Waals surface area contributed by atoms with Crippen molar-refractivity contribution in [1.82, 2.24) is 9.80 Å². The lowest BCUT2D eigenvalue weighted by Gasteiger charge is -2.27. The van der Waals surface area contributed by atoms with Gasteiger partial charge in [-0.1, -0.05) is 25.8 Å². The summed E-state index contributed by atoms with van der Waals surface area (Å²) < 4.78 is 23.1. The SMILES string of the molecule is CCCCCOc1ccc(C2C(=C(O)c3ccc4c(c3)OCCO4)C(=O)C(=O)N2CCN(C)C)cc1OCC. The van der Waals surface area contributed by atoms with Crippen LogP contribution in [-0.2, 0) is 9.59 Å².